The summed E-state index contributed by atoms with van der Waals surface area (Å²) in [5.41, 5.74) is 1.72. The van der Waals surface area contributed by atoms with Crippen LogP contribution in [0.2, 0.25) is 10.0 Å². The number of nitrogens with zero attached hydrogens (tertiary/aromatic N) is 2. The number of ether oxygens (including phenoxy) is 1. The van der Waals surface area contributed by atoms with Crippen LogP contribution < -0.4 is 14.4 Å². The number of benzene rings is 4. The number of nitrogens with one attached hydrogen (secondary N) is 1. The van der Waals surface area contributed by atoms with Gasteiger partial charge in [0.15, 0.2) is 0 Å². The smallest absolute Gasteiger partial charge is 0.264 e. The minimum absolute atomic E-state index is 0.0185. The third-order valence-corrected chi connectivity index (χ3v) is 10.1. The molecule has 0 aromatic heterocycles. The number of rotatable bonds is 14. The molecule has 0 aliphatic heterocycles. The Morgan fingerprint density at radius 1 is 0.848 bits per heavy atom. The third kappa shape index (κ3) is 8.81. The Morgan fingerprint density at radius 2 is 1.48 bits per heavy atom. The second-order valence-electron chi connectivity index (χ2n) is 10.8. The van der Waals surface area contributed by atoms with Gasteiger partial charge < -0.3 is 15.0 Å². The molecule has 11 heteroatoms. The summed E-state index contributed by atoms with van der Waals surface area (Å²) >= 11 is 12.5. The molecule has 2 atom stereocenters. The van der Waals surface area contributed by atoms with E-state index < -0.39 is 28.5 Å². The number of carbonyl (C=O) groups is 2. The summed E-state index contributed by atoms with van der Waals surface area (Å²) in [6.45, 7) is 3.24. The Bertz CT molecular complexity index is 1720. The SMILES string of the molecule is CC[C@H](C)NC(=O)[C@@H](Cc1ccccc1)N(Cc1ccc(Cl)c(Cl)c1)C(=O)CN(c1ccc(OC)cc1)S(=O)(=O)c1ccccc1. The van der Waals surface area contributed by atoms with E-state index in [2.05, 4.69) is 5.32 Å². The van der Waals surface area contributed by atoms with Crippen molar-refractivity contribution in [3.8, 4) is 5.75 Å². The van der Waals surface area contributed by atoms with Crippen molar-refractivity contribution in [3.63, 3.8) is 0 Å². The fourth-order valence-electron chi connectivity index (χ4n) is 4.83. The number of hydrogen-bond donors (Lipinski definition) is 1. The molecule has 2 amide bonds. The maximum Gasteiger partial charge on any atom is 0.264 e. The fraction of sp³-hybridized carbons (Fsp3) is 0.257. The molecule has 8 nitrogen and oxygen atoms in total. The van der Waals surface area contributed by atoms with E-state index in [-0.39, 0.29) is 35.5 Å². The van der Waals surface area contributed by atoms with Crippen LogP contribution in [0, 0.1) is 0 Å². The Morgan fingerprint density at radius 3 is 2.07 bits per heavy atom. The zero-order chi connectivity index (χ0) is 33.3. The highest BCUT2D eigenvalue weighted by molar-refractivity contribution is 7.92. The summed E-state index contributed by atoms with van der Waals surface area (Å²) < 4.78 is 34.5. The van der Waals surface area contributed by atoms with Gasteiger partial charge in [-0.1, -0.05) is 84.7 Å². The lowest BCUT2D eigenvalue weighted by molar-refractivity contribution is -0.140. The predicted octanol–water partition coefficient (Wildman–Crippen LogP) is 6.75. The van der Waals surface area contributed by atoms with Gasteiger partial charge in [-0.2, -0.15) is 0 Å². The lowest BCUT2D eigenvalue weighted by Gasteiger charge is -2.34. The van der Waals surface area contributed by atoms with Crippen LogP contribution >= 0.6 is 23.2 Å². The first-order valence-electron chi connectivity index (χ1n) is 14.8. The van der Waals surface area contributed by atoms with Gasteiger partial charge in [-0.25, -0.2) is 8.42 Å². The van der Waals surface area contributed by atoms with Crippen molar-refractivity contribution in [2.45, 2.75) is 50.2 Å². The van der Waals surface area contributed by atoms with Crippen LogP contribution in [0.3, 0.4) is 0 Å². The Kier molecular flexibility index (Phi) is 12.1. The molecule has 0 aliphatic rings. The lowest BCUT2D eigenvalue weighted by atomic mass is 10.0. The van der Waals surface area contributed by atoms with Gasteiger partial charge in [0.25, 0.3) is 10.0 Å². The second-order valence-corrected chi connectivity index (χ2v) is 13.5. The molecular weight excluding hydrogens is 645 g/mol. The zero-order valence-electron chi connectivity index (χ0n) is 25.9. The number of hydrogen-bond acceptors (Lipinski definition) is 5. The summed E-state index contributed by atoms with van der Waals surface area (Å²) in [5, 5.41) is 3.66. The minimum atomic E-state index is -4.21. The van der Waals surface area contributed by atoms with Crippen molar-refractivity contribution in [1.82, 2.24) is 10.2 Å². The molecule has 0 saturated heterocycles. The monoisotopic (exact) mass is 681 g/mol. The molecule has 46 heavy (non-hydrogen) atoms. The first kappa shape index (κ1) is 34.8. The molecule has 242 valence electrons. The van der Waals surface area contributed by atoms with Gasteiger partial charge in [0, 0.05) is 19.0 Å². The zero-order valence-corrected chi connectivity index (χ0v) is 28.2. The molecule has 0 unspecified atom stereocenters. The summed E-state index contributed by atoms with van der Waals surface area (Å²) in [5.74, 6) is -0.409. The quantitative estimate of drug-likeness (QED) is 0.159. The number of halogens is 2. The van der Waals surface area contributed by atoms with Gasteiger partial charge in [0.2, 0.25) is 11.8 Å². The first-order valence-corrected chi connectivity index (χ1v) is 17.0. The average Bonchev–Trinajstić information content (AvgIpc) is 3.07. The molecule has 0 saturated carbocycles. The highest BCUT2D eigenvalue weighted by atomic mass is 35.5. The number of carbonyl (C=O) groups excluding carboxylic acids is 2. The summed E-state index contributed by atoms with van der Waals surface area (Å²) in [4.78, 5) is 29.9. The maximum absolute atomic E-state index is 14.5. The van der Waals surface area contributed by atoms with E-state index in [0.717, 1.165) is 9.87 Å². The second kappa shape index (κ2) is 16.0. The lowest BCUT2D eigenvalue weighted by Crippen LogP contribution is -2.54. The van der Waals surface area contributed by atoms with E-state index in [1.807, 2.05) is 44.2 Å². The summed E-state index contributed by atoms with van der Waals surface area (Å²) in [7, 11) is -2.70. The van der Waals surface area contributed by atoms with Crippen LogP contribution in [-0.4, -0.2) is 50.9 Å². The predicted molar refractivity (Wildman–Crippen MR) is 183 cm³/mol. The van der Waals surface area contributed by atoms with Crippen molar-refractivity contribution >= 4 is 50.7 Å². The Balaban J connectivity index is 1.81. The van der Waals surface area contributed by atoms with Crippen LogP contribution in [0.1, 0.15) is 31.4 Å². The van der Waals surface area contributed by atoms with Crippen LogP contribution in [0.25, 0.3) is 0 Å². The van der Waals surface area contributed by atoms with E-state index in [1.165, 1.54) is 24.1 Å². The topological polar surface area (TPSA) is 96.0 Å². The molecule has 0 fully saturated rings. The van der Waals surface area contributed by atoms with Crippen molar-refractivity contribution < 1.29 is 22.7 Å². The van der Waals surface area contributed by atoms with Gasteiger partial charge in [-0.15, -0.1) is 0 Å². The third-order valence-electron chi connectivity index (χ3n) is 7.58. The van der Waals surface area contributed by atoms with Crippen molar-refractivity contribution in [2.24, 2.45) is 0 Å². The Labute approximate surface area is 280 Å². The highest BCUT2D eigenvalue weighted by Crippen LogP contribution is 2.28. The number of sulfonamides is 1. The molecule has 4 aromatic carbocycles. The molecule has 4 rings (SSSR count). The molecule has 0 bridgehead atoms. The van der Waals surface area contributed by atoms with Gasteiger partial charge in [0.05, 0.1) is 27.7 Å². The fourth-order valence-corrected chi connectivity index (χ4v) is 6.58. The van der Waals surface area contributed by atoms with E-state index >= 15 is 0 Å². The number of amides is 2. The summed E-state index contributed by atoms with van der Waals surface area (Å²) in [6, 6.07) is 27.5. The molecule has 0 heterocycles. The molecule has 0 radical (unpaired) electrons. The van der Waals surface area contributed by atoms with Crippen molar-refractivity contribution in [2.75, 3.05) is 18.0 Å². The maximum atomic E-state index is 14.5. The van der Waals surface area contributed by atoms with E-state index in [1.54, 1.807) is 60.7 Å². The van der Waals surface area contributed by atoms with Crippen molar-refractivity contribution in [1.29, 1.82) is 0 Å². The highest BCUT2D eigenvalue weighted by Gasteiger charge is 2.35. The van der Waals surface area contributed by atoms with Crippen molar-refractivity contribution in [3.05, 3.63) is 124 Å². The largest absolute Gasteiger partial charge is 0.497 e. The normalized spacial score (nSPS) is 12.5. The standard InChI is InChI=1S/C35H37Cl2N3O5S/c1-4-25(2)38-35(42)33(22-26-11-7-5-8-12-26)39(23-27-15-20-31(36)32(37)21-27)34(41)24-40(28-16-18-29(45-3)19-17-28)46(43,44)30-13-9-6-10-14-30/h5-21,25,33H,4,22-24H2,1-3H3,(H,38,42)/t25-,33+/m0/s1. The molecular formula is C35H37Cl2N3O5S. The average molecular weight is 683 g/mol. The first-order chi connectivity index (χ1) is 22.0. The molecule has 4 aromatic rings. The van der Waals surface area contributed by atoms with Crippen LogP contribution in [-0.2, 0) is 32.6 Å². The van der Waals surface area contributed by atoms with Gasteiger partial charge in [-0.3, -0.25) is 13.9 Å². The number of anilines is 1. The molecule has 0 spiro atoms. The van der Waals surface area contributed by atoms with E-state index in [4.69, 9.17) is 27.9 Å². The molecule has 0 aliphatic carbocycles. The van der Waals surface area contributed by atoms with E-state index in [9.17, 15) is 18.0 Å². The van der Waals surface area contributed by atoms with Gasteiger partial charge >= 0.3 is 0 Å². The van der Waals surface area contributed by atoms with Crippen LogP contribution in [0.4, 0.5) is 5.69 Å². The van der Waals surface area contributed by atoms with Gasteiger partial charge in [0.1, 0.15) is 18.3 Å². The van der Waals surface area contributed by atoms with Crippen LogP contribution in [0.15, 0.2) is 108 Å². The van der Waals surface area contributed by atoms with Gasteiger partial charge in [-0.05, 0) is 73.0 Å². The summed E-state index contributed by atoms with van der Waals surface area (Å²) in [6.07, 6.45) is 0.884. The minimum Gasteiger partial charge on any atom is -0.497 e. The molecule has 1 N–H and O–H groups in total. The van der Waals surface area contributed by atoms with E-state index in [0.29, 0.717) is 27.8 Å². The number of methoxy groups -OCH3 is 1. The Hall–Kier alpha value is -4.05. The van der Waals surface area contributed by atoms with Crippen LogP contribution in [0.5, 0.6) is 5.75 Å².